The number of piperidine rings is 1. The molecular weight excluding hydrogens is 300 g/mol. The van der Waals surface area contributed by atoms with Crippen molar-refractivity contribution < 1.29 is 13.6 Å². The molecule has 0 unspecified atom stereocenters. The van der Waals surface area contributed by atoms with Gasteiger partial charge in [0, 0.05) is 43.2 Å². The number of carbonyl (C=O) groups excluding carboxylic acids is 1. The Morgan fingerprint density at radius 3 is 2.52 bits per heavy atom. The molecule has 1 aliphatic rings. The Bertz CT molecular complexity index is 684. The highest BCUT2D eigenvalue weighted by Crippen LogP contribution is 2.22. The van der Waals surface area contributed by atoms with Crippen LogP contribution in [0.25, 0.3) is 6.08 Å². The predicted molar refractivity (Wildman–Crippen MR) is 82.5 cm³/mol. The summed E-state index contributed by atoms with van der Waals surface area (Å²) in [7, 11) is 0. The van der Waals surface area contributed by atoms with E-state index < -0.39 is 11.6 Å². The van der Waals surface area contributed by atoms with Crippen molar-refractivity contribution in [2.24, 2.45) is 0 Å². The Kier molecular flexibility index (Phi) is 4.50. The third-order valence-corrected chi connectivity index (χ3v) is 4.11. The molecule has 0 spiro atoms. The van der Waals surface area contributed by atoms with Gasteiger partial charge in [-0.3, -0.25) is 4.79 Å². The minimum absolute atomic E-state index is 0.186. The summed E-state index contributed by atoms with van der Waals surface area (Å²) in [5.41, 5.74) is -0.186. The van der Waals surface area contributed by atoms with E-state index in [0.717, 1.165) is 12.8 Å². The van der Waals surface area contributed by atoms with Crippen LogP contribution in [0.3, 0.4) is 0 Å². The summed E-state index contributed by atoms with van der Waals surface area (Å²) in [6.45, 7) is 1.23. The van der Waals surface area contributed by atoms with E-state index in [1.165, 1.54) is 30.4 Å². The number of hydrogen-bond acceptors (Lipinski definition) is 2. The second-order valence-corrected chi connectivity index (χ2v) is 5.54. The van der Waals surface area contributed by atoms with Gasteiger partial charge in [-0.1, -0.05) is 6.07 Å². The Hall–Kier alpha value is -2.50. The van der Waals surface area contributed by atoms with Gasteiger partial charge in [0.25, 0.3) is 0 Å². The molecule has 2 heterocycles. The average Bonchev–Trinajstić information content (AvgIpc) is 3.09. The number of imidazole rings is 1. The fraction of sp³-hybridized carbons (Fsp3) is 0.294. The van der Waals surface area contributed by atoms with E-state index in [1.807, 2.05) is 10.8 Å². The summed E-state index contributed by atoms with van der Waals surface area (Å²) >= 11 is 0. The summed E-state index contributed by atoms with van der Waals surface area (Å²) in [5, 5.41) is 0. The molecule has 0 bridgehead atoms. The van der Waals surface area contributed by atoms with Gasteiger partial charge in [0.05, 0.1) is 6.33 Å². The molecule has 1 aromatic carbocycles. The van der Waals surface area contributed by atoms with Crippen LogP contribution in [-0.4, -0.2) is 33.4 Å². The summed E-state index contributed by atoms with van der Waals surface area (Å²) in [6, 6.07) is 3.98. The van der Waals surface area contributed by atoms with Gasteiger partial charge in [0.2, 0.25) is 5.91 Å². The van der Waals surface area contributed by atoms with Gasteiger partial charge >= 0.3 is 0 Å². The smallest absolute Gasteiger partial charge is 0.246 e. The SMILES string of the molecule is O=C(C=Cc1c(F)cccc1F)N1CCC(n2ccnc2)CC1. The average molecular weight is 317 g/mol. The number of hydrogen-bond donors (Lipinski definition) is 0. The number of aromatic nitrogens is 2. The highest BCUT2D eigenvalue weighted by Gasteiger charge is 2.22. The first-order chi connectivity index (χ1) is 11.1. The van der Waals surface area contributed by atoms with Crippen LogP contribution in [0.5, 0.6) is 0 Å². The van der Waals surface area contributed by atoms with E-state index in [4.69, 9.17) is 0 Å². The van der Waals surface area contributed by atoms with Crippen LogP contribution in [0.4, 0.5) is 8.78 Å². The maximum Gasteiger partial charge on any atom is 0.246 e. The normalized spacial score (nSPS) is 16.2. The molecule has 3 rings (SSSR count). The van der Waals surface area contributed by atoms with Crippen LogP contribution < -0.4 is 0 Å². The zero-order chi connectivity index (χ0) is 16.2. The Labute approximate surface area is 133 Å². The highest BCUT2D eigenvalue weighted by atomic mass is 19.1. The first-order valence-corrected chi connectivity index (χ1v) is 7.53. The zero-order valence-corrected chi connectivity index (χ0v) is 12.5. The third-order valence-electron chi connectivity index (χ3n) is 4.11. The van der Waals surface area contributed by atoms with E-state index in [9.17, 15) is 13.6 Å². The maximum absolute atomic E-state index is 13.5. The van der Waals surface area contributed by atoms with Crippen molar-refractivity contribution in [1.29, 1.82) is 0 Å². The van der Waals surface area contributed by atoms with Crippen molar-refractivity contribution >= 4 is 12.0 Å². The van der Waals surface area contributed by atoms with E-state index in [1.54, 1.807) is 17.4 Å². The first kappa shape index (κ1) is 15.4. The van der Waals surface area contributed by atoms with Crippen molar-refractivity contribution in [2.45, 2.75) is 18.9 Å². The molecule has 2 aromatic rings. The second kappa shape index (κ2) is 6.73. The molecule has 1 amide bonds. The van der Waals surface area contributed by atoms with E-state index >= 15 is 0 Å². The van der Waals surface area contributed by atoms with Crippen molar-refractivity contribution in [3.63, 3.8) is 0 Å². The van der Waals surface area contributed by atoms with Gasteiger partial charge in [-0.05, 0) is 31.1 Å². The van der Waals surface area contributed by atoms with Crippen LogP contribution in [0.2, 0.25) is 0 Å². The molecule has 23 heavy (non-hydrogen) atoms. The van der Waals surface area contributed by atoms with Crippen LogP contribution in [0, 0.1) is 11.6 Å². The number of rotatable bonds is 3. The molecule has 120 valence electrons. The summed E-state index contributed by atoms with van der Waals surface area (Å²) < 4.78 is 29.1. The third kappa shape index (κ3) is 3.47. The molecule has 1 saturated heterocycles. The second-order valence-electron chi connectivity index (χ2n) is 5.54. The van der Waals surface area contributed by atoms with Gasteiger partial charge in [-0.25, -0.2) is 13.8 Å². The van der Waals surface area contributed by atoms with Crippen LogP contribution >= 0.6 is 0 Å². The monoisotopic (exact) mass is 317 g/mol. The number of amides is 1. The van der Waals surface area contributed by atoms with Gasteiger partial charge in [0.15, 0.2) is 0 Å². The maximum atomic E-state index is 13.5. The molecule has 4 nitrogen and oxygen atoms in total. The molecule has 0 aliphatic carbocycles. The lowest BCUT2D eigenvalue weighted by Crippen LogP contribution is -2.38. The molecule has 0 saturated carbocycles. The largest absolute Gasteiger partial charge is 0.339 e. The van der Waals surface area contributed by atoms with E-state index in [2.05, 4.69) is 4.98 Å². The predicted octanol–water partition coefficient (Wildman–Crippen LogP) is 3.04. The standard InChI is InChI=1S/C17H17F2N3O/c18-15-2-1-3-16(19)14(15)4-5-17(23)21-9-6-13(7-10-21)22-11-8-20-12-22/h1-5,8,11-13H,6-7,9-10H2. The molecule has 0 atom stereocenters. The van der Waals surface area contributed by atoms with Crippen LogP contribution in [-0.2, 0) is 4.79 Å². The Morgan fingerprint density at radius 1 is 1.22 bits per heavy atom. The molecule has 6 heteroatoms. The van der Waals surface area contributed by atoms with Gasteiger partial charge in [0.1, 0.15) is 11.6 Å². The zero-order valence-electron chi connectivity index (χ0n) is 12.5. The number of likely N-dealkylation sites (tertiary alicyclic amines) is 1. The van der Waals surface area contributed by atoms with E-state index in [0.29, 0.717) is 19.1 Å². The molecular formula is C17H17F2N3O. The first-order valence-electron chi connectivity index (χ1n) is 7.53. The highest BCUT2D eigenvalue weighted by molar-refractivity contribution is 5.91. The summed E-state index contributed by atoms with van der Waals surface area (Å²) in [5.74, 6) is -1.57. The van der Waals surface area contributed by atoms with E-state index in [-0.39, 0.29) is 11.5 Å². The topological polar surface area (TPSA) is 38.1 Å². The molecule has 1 aliphatic heterocycles. The Balaban J connectivity index is 1.60. The number of nitrogens with zero attached hydrogens (tertiary/aromatic N) is 3. The number of benzene rings is 1. The molecule has 0 N–H and O–H groups in total. The van der Waals surface area contributed by atoms with Crippen LogP contribution in [0.15, 0.2) is 43.0 Å². The van der Waals surface area contributed by atoms with Crippen molar-refractivity contribution in [1.82, 2.24) is 14.5 Å². The molecule has 1 fully saturated rings. The minimum Gasteiger partial charge on any atom is -0.339 e. The fourth-order valence-electron chi connectivity index (χ4n) is 2.80. The summed E-state index contributed by atoms with van der Waals surface area (Å²) in [4.78, 5) is 17.9. The quantitative estimate of drug-likeness (QED) is 0.816. The lowest BCUT2D eigenvalue weighted by atomic mass is 10.0. The number of carbonyl (C=O) groups is 1. The van der Waals surface area contributed by atoms with Crippen LogP contribution in [0.1, 0.15) is 24.4 Å². The van der Waals surface area contributed by atoms with Gasteiger partial charge < -0.3 is 9.47 Å². The van der Waals surface area contributed by atoms with Gasteiger partial charge in [-0.2, -0.15) is 0 Å². The lowest BCUT2D eigenvalue weighted by Gasteiger charge is -2.31. The van der Waals surface area contributed by atoms with Crippen molar-refractivity contribution in [3.05, 3.63) is 60.2 Å². The van der Waals surface area contributed by atoms with Gasteiger partial charge in [-0.15, -0.1) is 0 Å². The lowest BCUT2D eigenvalue weighted by molar-refractivity contribution is -0.127. The minimum atomic E-state index is -0.673. The Morgan fingerprint density at radius 2 is 1.91 bits per heavy atom. The summed E-state index contributed by atoms with van der Waals surface area (Å²) in [6.07, 6.45) is 9.55. The number of halogens is 2. The molecule has 0 radical (unpaired) electrons. The van der Waals surface area contributed by atoms with Crippen molar-refractivity contribution in [3.8, 4) is 0 Å². The van der Waals surface area contributed by atoms with Crippen molar-refractivity contribution in [2.75, 3.05) is 13.1 Å². The molecule has 1 aromatic heterocycles. The fourth-order valence-corrected chi connectivity index (χ4v) is 2.80.